The molecule has 91 heavy (non-hydrogen) atoms. The predicted octanol–water partition coefficient (Wildman–Crippen LogP) is 7.60. The van der Waals surface area contributed by atoms with Gasteiger partial charge in [-0.2, -0.15) is 9.97 Å². The third-order valence-electron chi connectivity index (χ3n) is 14.5. The number of carbonyl (C=O) groups is 6. The lowest BCUT2D eigenvalue weighted by molar-refractivity contribution is -0.112. The van der Waals surface area contributed by atoms with Crippen LogP contribution in [0.4, 0.5) is 34.1 Å². The number of rotatable bonds is 17. The molecule has 2 atom stereocenters. The summed E-state index contributed by atoms with van der Waals surface area (Å²) in [5, 5.41) is 27.2. The van der Waals surface area contributed by atoms with E-state index in [0.29, 0.717) is 147 Å². The van der Waals surface area contributed by atoms with E-state index < -0.39 is 17.2 Å². The Balaban J connectivity index is 0.000000226. The first kappa shape index (κ1) is 73.6. The van der Waals surface area contributed by atoms with Gasteiger partial charge < -0.3 is 75.2 Å². The van der Waals surface area contributed by atoms with Gasteiger partial charge in [0.25, 0.3) is 5.91 Å². The molecule has 5 aliphatic rings. The Hall–Kier alpha value is -8.14. The highest BCUT2D eigenvalue weighted by molar-refractivity contribution is 6.66. The smallest absolute Gasteiger partial charge is 0.335 e. The number of hydrogen-bond acceptors (Lipinski definition) is 20. The van der Waals surface area contributed by atoms with Gasteiger partial charge in [-0.1, -0.05) is 42.9 Å². The zero-order chi connectivity index (χ0) is 65.1. The third kappa shape index (κ3) is 22.9. The maximum Gasteiger partial charge on any atom is 0.335 e. The van der Waals surface area contributed by atoms with Crippen LogP contribution in [0.15, 0.2) is 105 Å². The second kappa shape index (κ2) is 37.9. The topological polar surface area (TPSA) is 316 Å². The number of allylic oxidation sites excluding steroid dienone is 1. The normalized spacial score (nSPS) is 16.5. The highest BCUT2D eigenvalue weighted by Crippen LogP contribution is 2.32. The summed E-state index contributed by atoms with van der Waals surface area (Å²) in [6, 6.07) is 14.8. The molecule has 5 fully saturated rings. The summed E-state index contributed by atoms with van der Waals surface area (Å²) in [6.45, 7) is 21.2. The minimum absolute atomic E-state index is 0. The van der Waals surface area contributed by atoms with Gasteiger partial charge in [0.05, 0.1) is 112 Å². The van der Waals surface area contributed by atoms with Gasteiger partial charge in [0, 0.05) is 70.8 Å². The van der Waals surface area contributed by atoms with Crippen molar-refractivity contribution in [1.29, 1.82) is 0 Å². The molecule has 5 aliphatic heterocycles. The Morgan fingerprint density at radius 1 is 0.637 bits per heavy atom. The highest BCUT2D eigenvalue weighted by Gasteiger charge is 2.30. The number of nitrogens with zero attached hydrogens (tertiary/aromatic N) is 8. The van der Waals surface area contributed by atoms with Crippen molar-refractivity contribution in [3.63, 3.8) is 0 Å². The number of amides is 3. The molecule has 0 unspecified atom stereocenters. The number of aromatic nitrogens is 4. The maximum absolute atomic E-state index is 13.3. The van der Waals surface area contributed by atoms with E-state index in [1.807, 2.05) is 20.8 Å². The zero-order valence-electron chi connectivity index (χ0n) is 50.6. The van der Waals surface area contributed by atoms with Gasteiger partial charge >= 0.3 is 11.9 Å². The Morgan fingerprint density at radius 2 is 1.05 bits per heavy atom. The Bertz CT molecular complexity index is 3310. The summed E-state index contributed by atoms with van der Waals surface area (Å²) in [7, 11) is 3.09. The summed E-state index contributed by atoms with van der Waals surface area (Å²) < 4.78 is 26.2. The Morgan fingerprint density at radius 3 is 1.47 bits per heavy atom. The van der Waals surface area contributed by atoms with Crippen molar-refractivity contribution in [2.75, 3.05) is 150 Å². The molecule has 2 aromatic heterocycles. The Kier molecular flexibility index (Phi) is 30.6. The number of carboxylic acid groups (broad SMARTS) is 2. The molecule has 7 heterocycles. The van der Waals surface area contributed by atoms with Crippen LogP contribution in [0, 0.1) is 11.8 Å². The van der Waals surface area contributed by atoms with Crippen LogP contribution in [0.25, 0.3) is 0 Å². The summed E-state index contributed by atoms with van der Waals surface area (Å²) in [6.07, 6.45) is 10.2. The second-order valence-electron chi connectivity index (χ2n) is 20.5. The van der Waals surface area contributed by atoms with E-state index in [2.05, 4.69) is 60.5 Å². The van der Waals surface area contributed by atoms with Crippen LogP contribution >= 0.6 is 47.2 Å². The van der Waals surface area contributed by atoms with Crippen molar-refractivity contribution in [3.8, 4) is 11.8 Å². The second-order valence-corrected chi connectivity index (χ2v) is 21.7. The summed E-state index contributed by atoms with van der Waals surface area (Å²) in [5.74, 6) is 0.575. The lowest BCUT2D eigenvalue weighted by Crippen LogP contribution is -2.37. The molecular weight excluding hydrogens is 1260 g/mol. The van der Waals surface area contributed by atoms with Crippen LogP contribution in [0.2, 0.25) is 10.0 Å². The molecule has 7 N–H and O–H groups in total. The van der Waals surface area contributed by atoms with Gasteiger partial charge in [0.15, 0.2) is 0 Å². The number of carboxylic acids is 2. The third-order valence-corrected chi connectivity index (χ3v) is 15.1. The lowest BCUT2D eigenvalue weighted by Gasteiger charge is -2.31. The average molecular weight is 1340 g/mol. The number of ether oxygens (including phenoxy) is 5. The van der Waals surface area contributed by atoms with Gasteiger partial charge in [0.1, 0.15) is 21.7 Å². The van der Waals surface area contributed by atoms with E-state index in [4.69, 9.17) is 74.4 Å². The van der Waals surface area contributed by atoms with Crippen molar-refractivity contribution in [2.24, 2.45) is 11.8 Å². The zero-order valence-corrected chi connectivity index (χ0v) is 53.7. The van der Waals surface area contributed by atoms with Crippen LogP contribution in [-0.2, 0) is 41.4 Å². The number of likely N-dealkylation sites (tertiary alicyclic amines) is 1. The molecule has 0 aliphatic carbocycles. The number of hydrogen-bond donors (Lipinski definition) is 6. The van der Waals surface area contributed by atoms with Crippen molar-refractivity contribution in [3.05, 3.63) is 143 Å². The fraction of sp³-hybridized carbons (Fsp3) is 0.387. The molecule has 5 saturated heterocycles. The Labute approximate surface area is 549 Å². The number of nitrogens with two attached hydrogens (primary N) is 1. The van der Waals surface area contributed by atoms with Gasteiger partial charge in [-0.05, 0) is 122 Å². The number of benzene rings is 3. The lowest BCUT2D eigenvalue weighted by atomic mass is 10.0. The van der Waals surface area contributed by atoms with Crippen molar-refractivity contribution < 1.29 is 62.7 Å². The van der Waals surface area contributed by atoms with E-state index in [9.17, 15) is 28.8 Å². The molecule has 490 valence electrons. The van der Waals surface area contributed by atoms with Crippen molar-refractivity contribution >= 4 is 116 Å². The van der Waals surface area contributed by atoms with Crippen molar-refractivity contribution in [2.45, 2.75) is 25.7 Å². The number of aromatic carboxylic acids is 2. The number of halogens is 4. The highest BCUT2D eigenvalue weighted by atomic mass is 35.5. The fourth-order valence-electron chi connectivity index (χ4n) is 9.82. The molecule has 3 amide bonds. The van der Waals surface area contributed by atoms with E-state index in [1.54, 1.807) is 55.9 Å². The molecule has 5 aromatic rings. The number of morpholine rings is 3. The average Bonchev–Trinajstić information content (AvgIpc) is 2.13. The molecule has 25 nitrogen and oxygen atoms in total. The van der Waals surface area contributed by atoms with Gasteiger partial charge in [-0.15, -0.1) is 12.4 Å². The first-order chi connectivity index (χ1) is 43.3. The first-order valence-corrected chi connectivity index (χ1v) is 29.9. The molecule has 0 saturated carbocycles. The number of nitrogen functional groups attached to an aromatic ring is 1. The van der Waals surface area contributed by atoms with Crippen LogP contribution < -0.4 is 45.9 Å². The largest absolute Gasteiger partial charge is 0.480 e. The monoisotopic (exact) mass is 1340 g/mol. The molecule has 3 aromatic carbocycles. The summed E-state index contributed by atoms with van der Waals surface area (Å²) in [5.41, 5.74) is 11.0. The van der Waals surface area contributed by atoms with E-state index in [0.717, 1.165) is 62.3 Å². The first-order valence-electron chi connectivity index (χ1n) is 28.8. The molecule has 0 bridgehead atoms. The summed E-state index contributed by atoms with van der Waals surface area (Å²) in [4.78, 5) is 93.2. The van der Waals surface area contributed by atoms with E-state index in [1.165, 1.54) is 37.8 Å². The van der Waals surface area contributed by atoms with Gasteiger partial charge in [-0.25, -0.2) is 19.6 Å². The van der Waals surface area contributed by atoms with Crippen LogP contribution in [0.1, 0.15) is 55.6 Å². The molecule has 0 spiro atoms. The van der Waals surface area contributed by atoms with Crippen LogP contribution in [-0.4, -0.2) is 189 Å². The standard InChI is InChI=1S/C24H28ClN5O4.C14H16N2O4.C11H14N2O3.C10H14ClN3O.C3H3ClO.ClH/c1-3-22(31)27-19-5-4-17(13-20(19)29-8-10-34-11-9-29)24(32)30-7-6-16(15-30)12-21-26-14-18(25)23(28-21)33-2;1-2-13(17)15-11-4-3-10(14(18)19)9-12(11)16-5-7-20-8-6-16;12-9-2-1-8(11(14)15)7-10(9)13-3-5-16-6-4-13;1-15-10-8(11)6-13-9(14-10)4-7-2-3-12-5-7;1-2-3(4)5;/h3-5,13-14,16H,1,6-12,15H2,2H3,(H,27,31);2-4,9H,1,5-8H2,(H,15,17)(H,18,19);1-2,7H,3-6,12H2,(H,14,15);6-7,12H,2-5H2,1H3;2H,1H2;1H/t16-;;;7-;;/m0..0../s1. The molecular formula is C62H76Cl4N12O13. The number of anilines is 6. The number of methoxy groups -OCH3 is 2. The number of nitrogens with one attached hydrogen (secondary N) is 3. The predicted molar refractivity (Wildman–Crippen MR) is 352 cm³/mol. The van der Waals surface area contributed by atoms with Crippen molar-refractivity contribution in [1.82, 2.24) is 30.2 Å². The van der Waals surface area contributed by atoms with Gasteiger partial charge in [-0.3, -0.25) is 19.2 Å². The minimum Gasteiger partial charge on any atom is -0.480 e. The summed E-state index contributed by atoms with van der Waals surface area (Å²) >= 11 is 16.6. The van der Waals surface area contributed by atoms with E-state index in [-0.39, 0.29) is 47.2 Å². The quantitative estimate of drug-likeness (QED) is 0.0296. The van der Waals surface area contributed by atoms with Crippen LogP contribution in [0.5, 0.6) is 11.8 Å². The van der Waals surface area contributed by atoms with Crippen LogP contribution in [0.3, 0.4) is 0 Å². The minimum atomic E-state index is -0.999. The molecule has 10 rings (SSSR count). The molecule has 0 radical (unpaired) electrons. The fourth-order valence-corrected chi connectivity index (χ4v) is 10.2. The SMILES string of the molecule is C=CC(=O)Cl.C=CC(=O)Nc1ccc(C(=O)N2CC[C@@H](Cc3ncc(Cl)c(OC)n3)C2)cc1N1CCOCC1.C=CC(=O)Nc1ccc(C(=O)O)cc1N1CCOCC1.COc1nc(C[C@@H]2CCNC2)ncc1Cl.Cl.Nc1ccc(C(=O)O)cc1N1CCOCC1. The molecule has 29 heteroatoms. The van der Waals surface area contributed by atoms with E-state index >= 15 is 0 Å². The maximum atomic E-state index is 13.3. The number of carbonyl (C=O) groups excluding carboxylic acids is 4. The van der Waals surface area contributed by atoms with Gasteiger partial charge in [0.2, 0.25) is 28.8 Å².